The number of benzene rings is 1. The molecule has 20 heavy (non-hydrogen) atoms. The van der Waals surface area contributed by atoms with Crippen molar-refractivity contribution < 1.29 is 14.3 Å². The van der Waals surface area contributed by atoms with E-state index in [0.717, 1.165) is 25.8 Å². The monoisotopic (exact) mass is 279 g/mol. The smallest absolute Gasteiger partial charge is 0.325 e. The molecule has 0 heterocycles. The average Bonchev–Trinajstić information content (AvgIpc) is 2.50. The number of methoxy groups -OCH3 is 1. The fourth-order valence-corrected chi connectivity index (χ4v) is 1.90. The molecule has 0 radical (unpaired) electrons. The van der Waals surface area contributed by atoms with Gasteiger partial charge in [-0.25, -0.2) is 0 Å². The van der Waals surface area contributed by atoms with Crippen LogP contribution < -0.4 is 5.32 Å². The van der Waals surface area contributed by atoms with Crippen molar-refractivity contribution in [3.05, 3.63) is 35.9 Å². The molecule has 112 valence electrons. The van der Waals surface area contributed by atoms with Gasteiger partial charge in [0, 0.05) is 6.61 Å². The van der Waals surface area contributed by atoms with E-state index in [0.29, 0.717) is 13.2 Å². The van der Waals surface area contributed by atoms with Crippen LogP contribution in [0.4, 0.5) is 0 Å². The van der Waals surface area contributed by atoms with Crippen LogP contribution in [-0.4, -0.2) is 38.9 Å². The van der Waals surface area contributed by atoms with Crippen molar-refractivity contribution in [3.8, 4) is 0 Å². The lowest BCUT2D eigenvalue weighted by Gasteiger charge is -2.16. The van der Waals surface area contributed by atoms with Crippen LogP contribution in [-0.2, 0) is 20.7 Å². The maximum Gasteiger partial charge on any atom is 0.325 e. The molecule has 0 bridgehead atoms. The van der Waals surface area contributed by atoms with Crippen LogP contribution in [0.2, 0.25) is 0 Å². The number of carbonyl (C=O) groups excluding carboxylic acids is 1. The molecule has 0 fully saturated rings. The van der Waals surface area contributed by atoms with Crippen LogP contribution in [0.15, 0.2) is 30.3 Å². The lowest BCUT2D eigenvalue weighted by atomic mass is 10.1. The van der Waals surface area contributed by atoms with E-state index in [4.69, 9.17) is 9.47 Å². The van der Waals surface area contributed by atoms with Crippen LogP contribution in [0.25, 0.3) is 0 Å². The molecule has 1 N–H and O–H groups in total. The van der Waals surface area contributed by atoms with E-state index >= 15 is 0 Å². The van der Waals surface area contributed by atoms with E-state index in [1.54, 1.807) is 0 Å². The molecule has 4 nitrogen and oxygen atoms in total. The van der Waals surface area contributed by atoms with Crippen LogP contribution in [0.1, 0.15) is 25.3 Å². The molecule has 0 aliphatic heterocycles. The Labute approximate surface area is 121 Å². The highest BCUT2D eigenvalue weighted by atomic mass is 16.5. The molecule has 1 aromatic carbocycles. The molecular weight excluding hydrogens is 254 g/mol. The van der Waals surface area contributed by atoms with E-state index in [-0.39, 0.29) is 12.0 Å². The van der Waals surface area contributed by atoms with Crippen molar-refractivity contribution in [2.75, 3.05) is 26.9 Å². The van der Waals surface area contributed by atoms with E-state index < -0.39 is 0 Å². The van der Waals surface area contributed by atoms with Crippen molar-refractivity contribution in [1.29, 1.82) is 0 Å². The molecule has 0 aliphatic carbocycles. The molecule has 0 aromatic heterocycles. The molecule has 1 rings (SSSR count). The molecular formula is C16H25NO3. The first-order chi connectivity index (χ1) is 9.77. The van der Waals surface area contributed by atoms with Gasteiger partial charge in [-0.1, -0.05) is 37.3 Å². The van der Waals surface area contributed by atoms with Gasteiger partial charge in [0.25, 0.3) is 0 Å². The van der Waals surface area contributed by atoms with Crippen molar-refractivity contribution >= 4 is 5.97 Å². The highest BCUT2D eigenvalue weighted by molar-refractivity contribution is 5.75. The minimum atomic E-state index is -0.364. The molecule has 0 saturated carbocycles. The fraction of sp³-hybridized carbons (Fsp3) is 0.562. The number of aryl methyl sites for hydroxylation is 1. The third-order valence-electron chi connectivity index (χ3n) is 3.01. The fourth-order valence-electron chi connectivity index (χ4n) is 1.90. The Bertz CT molecular complexity index is 367. The highest BCUT2D eigenvalue weighted by Gasteiger charge is 2.17. The van der Waals surface area contributed by atoms with Gasteiger partial charge in [0.1, 0.15) is 6.04 Å². The number of hydrogen-bond donors (Lipinski definition) is 1. The predicted molar refractivity (Wildman–Crippen MR) is 79.7 cm³/mol. The maximum absolute atomic E-state index is 11.5. The SMILES string of the molecule is CCCNC(COCCCc1ccccc1)C(=O)OC. The van der Waals surface area contributed by atoms with Gasteiger partial charge >= 0.3 is 5.97 Å². The lowest BCUT2D eigenvalue weighted by molar-refractivity contribution is -0.144. The van der Waals surface area contributed by atoms with Crippen LogP contribution >= 0.6 is 0 Å². The normalized spacial score (nSPS) is 12.1. The number of carbonyl (C=O) groups is 1. The molecule has 1 aromatic rings. The number of nitrogens with one attached hydrogen (secondary N) is 1. The minimum absolute atomic E-state index is 0.262. The Kier molecular flexibility index (Phi) is 8.67. The van der Waals surface area contributed by atoms with Gasteiger partial charge in [0.15, 0.2) is 0 Å². The summed E-state index contributed by atoms with van der Waals surface area (Å²) in [6.07, 6.45) is 2.92. The van der Waals surface area contributed by atoms with Crippen molar-refractivity contribution in [2.45, 2.75) is 32.2 Å². The molecule has 0 saturated heterocycles. The Balaban J connectivity index is 2.18. The molecule has 1 unspecified atom stereocenters. The van der Waals surface area contributed by atoms with Gasteiger partial charge in [0.05, 0.1) is 13.7 Å². The molecule has 0 spiro atoms. The van der Waals surface area contributed by atoms with Crippen LogP contribution in [0, 0.1) is 0 Å². The second kappa shape index (κ2) is 10.4. The Morgan fingerprint density at radius 1 is 1.30 bits per heavy atom. The van der Waals surface area contributed by atoms with E-state index in [1.165, 1.54) is 12.7 Å². The van der Waals surface area contributed by atoms with Gasteiger partial charge in [-0.2, -0.15) is 0 Å². The van der Waals surface area contributed by atoms with Crippen molar-refractivity contribution in [1.82, 2.24) is 5.32 Å². The van der Waals surface area contributed by atoms with Gasteiger partial charge in [-0.05, 0) is 31.4 Å². The summed E-state index contributed by atoms with van der Waals surface area (Å²) in [5, 5.41) is 3.13. The van der Waals surface area contributed by atoms with E-state index in [2.05, 4.69) is 24.4 Å². The Morgan fingerprint density at radius 3 is 2.70 bits per heavy atom. The zero-order valence-corrected chi connectivity index (χ0v) is 12.4. The van der Waals surface area contributed by atoms with Crippen LogP contribution in [0.3, 0.4) is 0 Å². The van der Waals surface area contributed by atoms with Crippen LogP contribution in [0.5, 0.6) is 0 Å². The Hall–Kier alpha value is -1.39. The molecule has 0 aliphatic rings. The van der Waals surface area contributed by atoms with Crippen molar-refractivity contribution in [2.24, 2.45) is 0 Å². The van der Waals surface area contributed by atoms with Gasteiger partial charge in [0.2, 0.25) is 0 Å². The lowest BCUT2D eigenvalue weighted by Crippen LogP contribution is -2.41. The first-order valence-electron chi connectivity index (χ1n) is 7.20. The quantitative estimate of drug-likeness (QED) is 0.527. The number of rotatable bonds is 10. The average molecular weight is 279 g/mol. The predicted octanol–water partition coefficient (Wildman–Crippen LogP) is 2.18. The minimum Gasteiger partial charge on any atom is -0.468 e. The topological polar surface area (TPSA) is 47.6 Å². The largest absolute Gasteiger partial charge is 0.468 e. The van der Waals surface area contributed by atoms with Gasteiger partial charge in [-0.3, -0.25) is 4.79 Å². The number of esters is 1. The summed E-state index contributed by atoms with van der Waals surface area (Å²) in [4.78, 5) is 11.5. The summed E-state index contributed by atoms with van der Waals surface area (Å²) in [5.41, 5.74) is 1.31. The van der Waals surface area contributed by atoms with Gasteiger partial charge < -0.3 is 14.8 Å². The summed E-state index contributed by atoms with van der Waals surface area (Å²) in [6, 6.07) is 9.95. The first kappa shape index (κ1) is 16.7. The van der Waals surface area contributed by atoms with Gasteiger partial charge in [-0.15, -0.1) is 0 Å². The Morgan fingerprint density at radius 2 is 2.05 bits per heavy atom. The van der Waals surface area contributed by atoms with Crippen molar-refractivity contribution in [3.63, 3.8) is 0 Å². The second-order valence-corrected chi connectivity index (χ2v) is 4.69. The maximum atomic E-state index is 11.5. The third-order valence-corrected chi connectivity index (χ3v) is 3.01. The number of hydrogen-bond acceptors (Lipinski definition) is 4. The zero-order chi connectivity index (χ0) is 14.6. The summed E-state index contributed by atoms with van der Waals surface area (Å²) < 4.78 is 10.3. The molecule has 0 amide bonds. The summed E-state index contributed by atoms with van der Waals surface area (Å²) >= 11 is 0. The summed E-state index contributed by atoms with van der Waals surface area (Å²) in [5.74, 6) is -0.262. The zero-order valence-electron chi connectivity index (χ0n) is 12.4. The standard InChI is InChI=1S/C16H25NO3/c1-3-11-17-15(16(18)19-2)13-20-12-7-10-14-8-5-4-6-9-14/h4-6,8-9,15,17H,3,7,10-13H2,1-2H3. The summed E-state index contributed by atoms with van der Waals surface area (Å²) in [6.45, 7) is 3.85. The molecule has 1 atom stereocenters. The third kappa shape index (κ3) is 6.68. The highest BCUT2D eigenvalue weighted by Crippen LogP contribution is 2.02. The van der Waals surface area contributed by atoms with E-state index in [1.807, 2.05) is 18.2 Å². The van der Waals surface area contributed by atoms with E-state index in [9.17, 15) is 4.79 Å². The first-order valence-corrected chi connectivity index (χ1v) is 7.20. The summed E-state index contributed by atoms with van der Waals surface area (Å²) in [7, 11) is 1.40. The number of ether oxygens (including phenoxy) is 2. The second-order valence-electron chi connectivity index (χ2n) is 4.69. The molecule has 4 heteroatoms.